The van der Waals surface area contributed by atoms with Gasteiger partial charge in [-0.2, -0.15) is 0 Å². The Balaban J connectivity index is 2.46. The normalized spacial score (nSPS) is 19.5. The molecule has 0 spiro atoms. The Morgan fingerprint density at radius 2 is 2.55 bits per heavy atom. The molecule has 1 rings (SSSR count). The fourth-order valence-electron chi connectivity index (χ4n) is 1.68. The van der Waals surface area contributed by atoms with Gasteiger partial charge >= 0.3 is 0 Å². The van der Waals surface area contributed by atoms with Gasteiger partial charge in [0.1, 0.15) is 6.29 Å². The monoisotopic (exact) mass is 152 g/mol. The van der Waals surface area contributed by atoms with Crippen molar-refractivity contribution in [3.8, 4) is 0 Å². The van der Waals surface area contributed by atoms with E-state index >= 15 is 0 Å². The molecule has 0 heterocycles. The van der Waals surface area contributed by atoms with Crippen LogP contribution in [-0.4, -0.2) is 6.29 Å². The molecule has 0 saturated carbocycles. The summed E-state index contributed by atoms with van der Waals surface area (Å²) < 4.78 is 0. The third-order valence-corrected chi connectivity index (χ3v) is 2.32. The second-order valence-electron chi connectivity index (χ2n) is 3.20. The Morgan fingerprint density at radius 3 is 3.00 bits per heavy atom. The van der Waals surface area contributed by atoms with Gasteiger partial charge < -0.3 is 4.79 Å². The number of hydrogen-bond acceptors (Lipinski definition) is 1. The Hall–Kier alpha value is -0.590. The van der Waals surface area contributed by atoms with Gasteiger partial charge in [-0.25, -0.2) is 0 Å². The summed E-state index contributed by atoms with van der Waals surface area (Å²) >= 11 is 0. The van der Waals surface area contributed by atoms with E-state index in [4.69, 9.17) is 0 Å². The fraction of sp³-hybridized carbons (Fsp3) is 0.700. The van der Waals surface area contributed by atoms with Gasteiger partial charge in [0.15, 0.2) is 0 Å². The third kappa shape index (κ3) is 2.18. The minimum Gasteiger partial charge on any atom is -0.303 e. The lowest BCUT2D eigenvalue weighted by Crippen LogP contribution is -2.03. The van der Waals surface area contributed by atoms with Gasteiger partial charge in [0.2, 0.25) is 0 Å². The number of hydrogen-bond donors (Lipinski definition) is 0. The molecular weight excluding hydrogens is 136 g/mol. The molecule has 1 atom stereocenters. The van der Waals surface area contributed by atoms with E-state index in [1.165, 1.54) is 18.4 Å². The molecule has 0 aliphatic heterocycles. The molecule has 1 aliphatic rings. The summed E-state index contributed by atoms with van der Waals surface area (Å²) in [6.07, 6.45) is 9.10. The zero-order chi connectivity index (χ0) is 8.10. The molecule has 62 valence electrons. The van der Waals surface area contributed by atoms with Crippen molar-refractivity contribution in [3.05, 3.63) is 11.6 Å². The number of allylic oxidation sites excluding steroid dienone is 2. The van der Waals surface area contributed by atoms with Gasteiger partial charge in [0.25, 0.3) is 0 Å². The summed E-state index contributed by atoms with van der Waals surface area (Å²) in [6, 6.07) is 0. The lowest BCUT2D eigenvalue weighted by atomic mass is 9.95. The fourth-order valence-corrected chi connectivity index (χ4v) is 1.68. The van der Waals surface area contributed by atoms with Crippen molar-refractivity contribution < 1.29 is 4.79 Å². The highest BCUT2D eigenvalue weighted by Gasteiger charge is 2.14. The van der Waals surface area contributed by atoms with Gasteiger partial charge in [-0.15, -0.1) is 0 Å². The highest BCUT2D eigenvalue weighted by atomic mass is 16.1. The van der Waals surface area contributed by atoms with Crippen LogP contribution in [0.5, 0.6) is 0 Å². The van der Waals surface area contributed by atoms with Crippen LogP contribution in [0.15, 0.2) is 11.6 Å². The molecule has 0 aromatic heterocycles. The second kappa shape index (κ2) is 4.32. The molecule has 0 saturated heterocycles. The summed E-state index contributed by atoms with van der Waals surface area (Å²) in [5, 5.41) is 0. The van der Waals surface area contributed by atoms with Gasteiger partial charge in [-0.05, 0) is 25.7 Å². The largest absolute Gasteiger partial charge is 0.303 e. The van der Waals surface area contributed by atoms with Crippen molar-refractivity contribution in [2.45, 2.75) is 39.0 Å². The summed E-state index contributed by atoms with van der Waals surface area (Å²) in [4.78, 5) is 10.6. The first-order chi connectivity index (χ1) is 5.38. The quantitative estimate of drug-likeness (QED) is 0.447. The molecule has 1 nitrogen and oxygen atoms in total. The maximum atomic E-state index is 10.6. The van der Waals surface area contributed by atoms with Crippen LogP contribution in [0.1, 0.15) is 39.0 Å². The smallest absolute Gasteiger partial charge is 0.127 e. The predicted molar refractivity (Wildman–Crippen MR) is 46.4 cm³/mol. The maximum absolute atomic E-state index is 10.6. The zero-order valence-corrected chi connectivity index (χ0v) is 7.18. The molecule has 0 radical (unpaired) electrons. The van der Waals surface area contributed by atoms with Crippen LogP contribution in [0.25, 0.3) is 0 Å². The van der Waals surface area contributed by atoms with E-state index < -0.39 is 0 Å². The van der Waals surface area contributed by atoms with Crippen molar-refractivity contribution in [2.75, 3.05) is 0 Å². The standard InChI is InChI=1S/C10H16O/c1-2-5-10(8-11)9-6-3-4-7-9/h6,8,10H,2-5,7H2,1H3. The molecule has 11 heavy (non-hydrogen) atoms. The number of aldehydes is 1. The van der Waals surface area contributed by atoms with E-state index in [9.17, 15) is 4.79 Å². The summed E-state index contributed by atoms with van der Waals surface area (Å²) in [5.41, 5.74) is 1.39. The van der Waals surface area contributed by atoms with E-state index in [1.807, 2.05) is 0 Å². The molecule has 1 unspecified atom stereocenters. The molecule has 0 aromatic carbocycles. The predicted octanol–water partition coefficient (Wildman–Crippen LogP) is 2.71. The van der Waals surface area contributed by atoms with Gasteiger partial charge in [-0.3, -0.25) is 0 Å². The molecule has 0 bridgehead atoms. The molecule has 0 fully saturated rings. The lowest BCUT2D eigenvalue weighted by molar-refractivity contribution is -0.110. The van der Waals surface area contributed by atoms with Crippen molar-refractivity contribution in [1.29, 1.82) is 0 Å². The first-order valence-electron chi connectivity index (χ1n) is 4.52. The average Bonchev–Trinajstić information content (AvgIpc) is 2.52. The number of carbonyl (C=O) groups excluding carboxylic acids is 1. The first-order valence-corrected chi connectivity index (χ1v) is 4.52. The van der Waals surface area contributed by atoms with E-state index in [-0.39, 0.29) is 5.92 Å². The van der Waals surface area contributed by atoms with Crippen molar-refractivity contribution in [3.63, 3.8) is 0 Å². The average molecular weight is 152 g/mol. The van der Waals surface area contributed by atoms with Crippen molar-refractivity contribution >= 4 is 6.29 Å². The molecule has 1 heteroatoms. The SMILES string of the molecule is CCCC(C=O)C1=CCCC1. The Morgan fingerprint density at radius 1 is 1.73 bits per heavy atom. The van der Waals surface area contributed by atoms with Crippen molar-refractivity contribution in [1.82, 2.24) is 0 Å². The van der Waals surface area contributed by atoms with Crippen LogP contribution >= 0.6 is 0 Å². The third-order valence-electron chi connectivity index (χ3n) is 2.32. The van der Waals surface area contributed by atoms with E-state index in [0.29, 0.717) is 0 Å². The highest BCUT2D eigenvalue weighted by Crippen LogP contribution is 2.26. The van der Waals surface area contributed by atoms with Gasteiger partial charge in [0.05, 0.1) is 0 Å². The molecule has 0 aromatic rings. The van der Waals surface area contributed by atoms with Crippen molar-refractivity contribution in [2.24, 2.45) is 5.92 Å². The Bertz CT molecular complexity index is 158. The summed E-state index contributed by atoms with van der Waals surface area (Å²) in [7, 11) is 0. The topological polar surface area (TPSA) is 17.1 Å². The van der Waals surface area contributed by atoms with Crippen LogP contribution in [0.3, 0.4) is 0 Å². The van der Waals surface area contributed by atoms with E-state index in [1.54, 1.807) is 0 Å². The minimum atomic E-state index is 0.238. The Labute approximate surface area is 68.5 Å². The van der Waals surface area contributed by atoms with E-state index in [2.05, 4.69) is 13.0 Å². The van der Waals surface area contributed by atoms with Gasteiger partial charge in [0, 0.05) is 5.92 Å². The number of rotatable bonds is 4. The molecule has 1 aliphatic carbocycles. The second-order valence-corrected chi connectivity index (χ2v) is 3.20. The molecule has 0 amide bonds. The van der Waals surface area contributed by atoms with Gasteiger partial charge in [-0.1, -0.05) is 25.0 Å². The molecular formula is C10H16O. The zero-order valence-electron chi connectivity index (χ0n) is 7.18. The molecule has 0 N–H and O–H groups in total. The minimum absolute atomic E-state index is 0.238. The van der Waals surface area contributed by atoms with Crippen LogP contribution in [0.4, 0.5) is 0 Å². The van der Waals surface area contributed by atoms with Crippen LogP contribution < -0.4 is 0 Å². The first kappa shape index (κ1) is 8.51. The lowest BCUT2D eigenvalue weighted by Gasteiger charge is -2.08. The Kier molecular flexibility index (Phi) is 3.34. The van der Waals surface area contributed by atoms with Crippen LogP contribution in [0.2, 0.25) is 0 Å². The maximum Gasteiger partial charge on any atom is 0.127 e. The summed E-state index contributed by atoms with van der Waals surface area (Å²) in [6.45, 7) is 2.13. The number of carbonyl (C=O) groups is 1. The highest BCUT2D eigenvalue weighted by molar-refractivity contribution is 5.59. The van der Waals surface area contributed by atoms with Crippen LogP contribution in [-0.2, 0) is 4.79 Å². The summed E-state index contributed by atoms with van der Waals surface area (Å²) in [5.74, 6) is 0.238. The van der Waals surface area contributed by atoms with Crippen LogP contribution in [0, 0.1) is 5.92 Å². The van der Waals surface area contributed by atoms with E-state index in [0.717, 1.165) is 25.5 Å².